The Bertz CT molecular complexity index is 710. The molecular weight excluding hydrogens is 328 g/mol. The number of aliphatic hydroxyl groups is 1. The highest BCUT2D eigenvalue weighted by Gasteiger charge is 2.16. The first-order valence-electron chi connectivity index (χ1n) is 7.58. The van der Waals surface area contributed by atoms with E-state index in [4.69, 9.17) is 24.4 Å². The van der Waals surface area contributed by atoms with Gasteiger partial charge in [-0.05, 0) is 36.4 Å². The van der Waals surface area contributed by atoms with Gasteiger partial charge in [-0.25, -0.2) is 9.59 Å². The van der Waals surface area contributed by atoms with Crippen LogP contribution in [0.1, 0.15) is 20.7 Å². The molecule has 0 heterocycles. The number of hydrogen-bond donors (Lipinski definition) is 2. The van der Waals surface area contributed by atoms with E-state index < -0.39 is 11.9 Å². The maximum Gasteiger partial charge on any atom is 0.339 e. The molecule has 0 spiro atoms. The quantitative estimate of drug-likeness (QED) is 0.529. The average Bonchev–Trinajstić information content (AvgIpc) is 2.64. The van der Waals surface area contributed by atoms with Crippen LogP contribution in [0.25, 0.3) is 0 Å². The first kappa shape index (κ1) is 18.3. The van der Waals surface area contributed by atoms with E-state index in [1.807, 2.05) is 0 Å². The Morgan fingerprint density at radius 1 is 0.800 bits per heavy atom. The van der Waals surface area contributed by atoms with Crippen molar-refractivity contribution in [3.05, 3.63) is 59.7 Å². The van der Waals surface area contributed by atoms with Gasteiger partial charge in [0.05, 0.1) is 17.7 Å². The van der Waals surface area contributed by atoms with Crippen molar-refractivity contribution in [2.24, 2.45) is 0 Å². The second-order valence-corrected chi connectivity index (χ2v) is 4.88. The Balaban J connectivity index is 1.79. The molecule has 2 aromatic rings. The lowest BCUT2D eigenvalue weighted by Gasteiger charge is -2.09. The summed E-state index contributed by atoms with van der Waals surface area (Å²) in [5.74, 6) is -0.724. The fourth-order valence-corrected chi connectivity index (χ4v) is 2.01. The number of hydrogen-bond acceptors (Lipinski definition) is 6. The Morgan fingerprint density at radius 2 is 1.36 bits per heavy atom. The highest BCUT2D eigenvalue weighted by Crippen LogP contribution is 2.17. The van der Waals surface area contributed by atoms with Crippen LogP contribution in [-0.4, -0.2) is 48.6 Å². The molecule has 0 amide bonds. The summed E-state index contributed by atoms with van der Waals surface area (Å²) in [6, 6.07) is 12.6. The summed E-state index contributed by atoms with van der Waals surface area (Å²) in [6.07, 6.45) is 0. The van der Waals surface area contributed by atoms with Gasteiger partial charge in [0, 0.05) is 0 Å². The van der Waals surface area contributed by atoms with Gasteiger partial charge in [0.25, 0.3) is 0 Å². The van der Waals surface area contributed by atoms with Crippen molar-refractivity contribution in [1.82, 2.24) is 0 Å². The first-order chi connectivity index (χ1) is 12.1. The molecule has 0 fully saturated rings. The molecule has 132 valence electrons. The highest BCUT2D eigenvalue weighted by atomic mass is 16.6. The van der Waals surface area contributed by atoms with Gasteiger partial charge in [0.1, 0.15) is 31.3 Å². The number of rotatable bonds is 9. The van der Waals surface area contributed by atoms with Crippen LogP contribution in [0.3, 0.4) is 0 Å². The van der Waals surface area contributed by atoms with Gasteiger partial charge >= 0.3 is 11.9 Å². The van der Waals surface area contributed by atoms with Gasteiger partial charge < -0.3 is 24.4 Å². The number of carboxylic acid groups (broad SMARTS) is 1. The molecule has 0 aliphatic heterocycles. The predicted molar refractivity (Wildman–Crippen MR) is 88.2 cm³/mol. The number of benzene rings is 2. The Morgan fingerprint density at radius 3 is 1.92 bits per heavy atom. The van der Waals surface area contributed by atoms with E-state index in [0.29, 0.717) is 11.5 Å². The van der Waals surface area contributed by atoms with Crippen molar-refractivity contribution in [3.63, 3.8) is 0 Å². The van der Waals surface area contributed by atoms with Crippen molar-refractivity contribution in [2.45, 2.75) is 0 Å². The Hall–Kier alpha value is -3.06. The maximum atomic E-state index is 11.9. The average molecular weight is 346 g/mol. The lowest BCUT2D eigenvalue weighted by Crippen LogP contribution is -2.15. The molecule has 2 rings (SSSR count). The largest absolute Gasteiger partial charge is 0.491 e. The molecule has 0 bridgehead atoms. The van der Waals surface area contributed by atoms with Crippen molar-refractivity contribution in [1.29, 1.82) is 0 Å². The van der Waals surface area contributed by atoms with Crippen molar-refractivity contribution in [3.8, 4) is 11.5 Å². The van der Waals surface area contributed by atoms with Crippen LogP contribution in [0.15, 0.2) is 48.5 Å². The molecule has 2 aromatic carbocycles. The maximum absolute atomic E-state index is 11.9. The van der Waals surface area contributed by atoms with Gasteiger partial charge in [0.2, 0.25) is 0 Å². The van der Waals surface area contributed by atoms with E-state index in [2.05, 4.69) is 0 Å². The smallest absolute Gasteiger partial charge is 0.339 e. The summed E-state index contributed by atoms with van der Waals surface area (Å²) >= 11 is 0. The second-order valence-electron chi connectivity index (χ2n) is 4.88. The monoisotopic (exact) mass is 346 g/mol. The summed E-state index contributed by atoms with van der Waals surface area (Å²) in [5.41, 5.74) is -0.104. The standard InChI is InChI=1S/C18H18O7/c19-9-10-23-13-5-7-14(8-6-13)24-11-12-25-18(22)16-4-2-1-3-15(16)17(20)21/h1-8,19H,9-12H2,(H,20,21). The number of esters is 1. The normalized spacial score (nSPS) is 10.1. The molecule has 0 aliphatic carbocycles. The second kappa shape index (κ2) is 9.29. The van der Waals surface area contributed by atoms with Crippen molar-refractivity contribution in [2.75, 3.05) is 26.4 Å². The van der Waals surface area contributed by atoms with Crippen LogP contribution < -0.4 is 9.47 Å². The fraction of sp³-hybridized carbons (Fsp3) is 0.222. The van der Waals surface area contributed by atoms with Crippen molar-refractivity contribution < 1.29 is 34.0 Å². The van der Waals surface area contributed by atoms with Crippen molar-refractivity contribution >= 4 is 11.9 Å². The molecule has 25 heavy (non-hydrogen) atoms. The zero-order chi connectivity index (χ0) is 18.1. The van der Waals surface area contributed by atoms with E-state index in [-0.39, 0.29) is 37.6 Å². The topological polar surface area (TPSA) is 102 Å². The van der Waals surface area contributed by atoms with Gasteiger partial charge in [0.15, 0.2) is 0 Å². The number of carbonyl (C=O) groups is 2. The summed E-state index contributed by atoms with van der Waals surface area (Å²) in [7, 11) is 0. The third-order valence-electron chi connectivity index (χ3n) is 3.15. The van der Waals surface area contributed by atoms with E-state index >= 15 is 0 Å². The van der Waals surface area contributed by atoms with Crippen LogP contribution in [0.4, 0.5) is 0 Å². The molecule has 0 radical (unpaired) electrons. The SMILES string of the molecule is O=C(O)c1ccccc1C(=O)OCCOc1ccc(OCCO)cc1. The van der Waals surface area contributed by atoms with Gasteiger partial charge in [-0.1, -0.05) is 12.1 Å². The van der Waals surface area contributed by atoms with E-state index in [1.54, 1.807) is 30.3 Å². The first-order valence-corrected chi connectivity index (χ1v) is 7.58. The minimum atomic E-state index is -1.19. The molecule has 0 saturated heterocycles. The van der Waals surface area contributed by atoms with Crippen LogP contribution >= 0.6 is 0 Å². The highest BCUT2D eigenvalue weighted by molar-refractivity contribution is 6.02. The number of aliphatic hydroxyl groups excluding tert-OH is 1. The third-order valence-corrected chi connectivity index (χ3v) is 3.15. The summed E-state index contributed by atoms with van der Waals surface area (Å²) < 4.78 is 15.7. The van der Waals surface area contributed by atoms with E-state index in [9.17, 15) is 9.59 Å². The summed E-state index contributed by atoms with van der Waals surface area (Å²) in [5, 5.41) is 17.7. The van der Waals surface area contributed by atoms with Crippen LogP contribution in [0, 0.1) is 0 Å². The molecule has 0 aliphatic rings. The van der Waals surface area contributed by atoms with Gasteiger partial charge in [-0.15, -0.1) is 0 Å². The van der Waals surface area contributed by atoms with Gasteiger partial charge in [-0.3, -0.25) is 0 Å². The molecule has 0 atom stereocenters. The fourth-order valence-electron chi connectivity index (χ4n) is 2.01. The molecule has 2 N–H and O–H groups in total. The minimum Gasteiger partial charge on any atom is -0.491 e. The molecular formula is C18H18O7. The summed E-state index contributed by atoms with van der Waals surface area (Å²) in [6.45, 7) is 0.260. The molecule has 0 unspecified atom stereocenters. The van der Waals surface area contributed by atoms with E-state index in [1.165, 1.54) is 18.2 Å². The zero-order valence-electron chi connectivity index (χ0n) is 13.4. The molecule has 7 heteroatoms. The summed E-state index contributed by atoms with van der Waals surface area (Å²) in [4.78, 5) is 23.0. The lowest BCUT2D eigenvalue weighted by atomic mass is 10.1. The Labute approximate surface area is 144 Å². The number of aromatic carboxylic acids is 1. The molecule has 0 aromatic heterocycles. The minimum absolute atomic E-state index is 0.000356. The van der Waals surface area contributed by atoms with Crippen LogP contribution in [-0.2, 0) is 4.74 Å². The Kier molecular flexibility index (Phi) is 6.79. The number of carboxylic acids is 1. The van der Waals surface area contributed by atoms with Gasteiger partial charge in [-0.2, -0.15) is 0 Å². The molecule has 7 nitrogen and oxygen atoms in total. The van der Waals surface area contributed by atoms with E-state index in [0.717, 1.165) is 0 Å². The third kappa shape index (κ3) is 5.50. The lowest BCUT2D eigenvalue weighted by molar-refractivity contribution is 0.0442. The van der Waals surface area contributed by atoms with Crippen LogP contribution in [0.2, 0.25) is 0 Å². The molecule has 0 saturated carbocycles. The predicted octanol–water partition coefficient (Wildman–Crippen LogP) is 1.99. The number of carbonyl (C=O) groups excluding carboxylic acids is 1. The zero-order valence-corrected chi connectivity index (χ0v) is 13.4. The number of ether oxygens (including phenoxy) is 3. The van der Waals surface area contributed by atoms with Crippen LogP contribution in [0.5, 0.6) is 11.5 Å².